The molecule has 1 aliphatic rings. The third-order valence-corrected chi connectivity index (χ3v) is 2.24. The Balaban J connectivity index is 2.23. The predicted octanol–water partition coefficient (Wildman–Crippen LogP) is 0.546. The Bertz CT molecular complexity index is 262. The second-order valence-electron chi connectivity index (χ2n) is 3.51. The summed E-state index contributed by atoms with van der Waals surface area (Å²) >= 11 is 0. The van der Waals surface area contributed by atoms with E-state index in [-0.39, 0.29) is 0 Å². The van der Waals surface area contributed by atoms with Crippen LogP contribution < -0.4 is 5.32 Å². The number of hydrogen-bond acceptors (Lipinski definition) is 3. The van der Waals surface area contributed by atoms with Crippen molar-refractivity contribution in [2.45, 2.75) is 25.8 Å². The van der Waals surface area contributed by atoms with Crippen LogP contribution >= 0.6 is 0 Å². The molecule has 2 heterocycles. The Labute approximate surface area is 72.0 Å². The average molecular weight is 166 g/mol. The normalized spacial score (nSPS) is 18.2. The second kappa shape index (κ2) is 2.86. The summed E-state index contributed by atoms with van der Waals surface area (Å²) in [6.45, 7) is 6.35. The Hall–Kier alpha value is -0.900. The molecule has 0 bridgehead atoms. The van der Waals surface area contributed by atoms with E-state index in [0.29, 0.717) is 12.0 Å². The van der Waals surface area contributed by atoms with Crippen molar-refractivity contribution in [2.24, 2.45) is 0 Å². The van der Waals surface area contributed by atoms with Crippen molar-refractivity contribution in [3.05, 3.63) is 12.2 Å². The molecule has 1 aromatic heterocycles. The first-order chi connectivity index (χ1) is 5.79. The lowest BCUT2D eigenvalue weighted by atomic mass is 10.0. The third kappa shape index (κ3) is 1.12. The third-order valence-electron chi connectivity index (χ3n) is 2.24. The van der Waals surface area contributed by atoms with E-state index in [1.165, 1.54) is 0 Å². The van der Waals surface area contributed by atoms with Crippen LogP contribution in [-0.2, 0) is 0 Å². The van der Waals surface area contributed by atoms with Gasteiger partial charge in [-0.05, 0) is 13.8 Å². The van der Waals surface area contributed by atoms with Gasteiger partial charge in [0.25, 0.3) is 0 Å². The molecule has 0 unspecified atom stereocenters. The van der Waals surface area contributed by atoms with E-state index >= 15 is 0 Å². The SMILES string of the molecule is CC(C)n1ncnc1C1CNC1. The van der Waals surface area contributed by atoms with E-state index in [1.807, 2.05) is 4.68 Å². The minimum absolute atomic E-state index is 0.420. The fraction of sp³-hybridized carbons (Fsp3) is 0.750. The van der Waals surface area contributed by atoms with Crippen LogP contribution in [0, 0.1) is 0 Å². The van der Waals surface area contributed by atoms with Gasteiger partial charge < -0.3 is 5.32 Å². The topological polar surface area (TPSA) is 42.7 Å². The molecule has 0 aliphatic carbocycles. The van der Waals surface area contributed by atoms with Crippen molar-refractivity contribution >= 4 is 0 Å². The Morgan fingerprint density at radius 2 is 2.33 bits per heavy atom. The summed E-state index contributed by atoms with van der Waals surface area (Å²) in [6, 6.07) is 0.420. The maximum Gasteiger partial charge on any atom is 0.138 e. The highest BCUT2D eigenvalue weighted by Crippen LogP contribution is 2.19. The lowest BCUT2D eigenvalue weighted by Gasteiger charge is -2.27. The zero-order valence-corrected chi connectivity index (χ0v) is 7.49. The Morgan fingerprint density at radius 3 is 2.83 bits per heavy atom. The summed E-state index contributed by atoms with van der Waals surface area (Å²) in [7, 11) is 0. The molecule has 0 amide bonds. The summed E-state index contributed by atoms with van der Waals surface area (Å²) in [4.78, 5) is 4.27. The van der Waals surface area contributed by atoms with Crippen LogP contribution in [-0.4, -0.2) is 27.9 Å². The standard InChI is InChI=1S/C8H14N4/c1-6(2)12-8(10-5-11-12)7-3-9-4-7/h5-7,9H,3-4H2,1-2H3. The maximum atomic E-state index is 4.27. The highest BCUT2D eigenvalue weighted by atomic mass is 15.4. The molecule has 0 spiro atoms. The van der Waals surface area contributed by atoms with Gasteiger partial charge >= 0.3 is 0 Å². The van der Waals surface area contributed by atoms with Gasteiger partial charge in [0.15, 0.2) is 0 Å². The van der Waals surface area contributed by atoms with Crippen LogP contribution in [0.1, 0.15) is 31.6 Å². The Morgan fingerprint density at radius 1 is 1.58 bits per heavy atom. The molecular weight excluding hydrogens is 152 g/mol. The monoisotopic (exact) mass is 166 g/mol. The minimum Gasteiger partial charge on any atom is -0.315 e. The summed E-state index contributed by atoms with van der Waals surface area (Å²) in [5.74, 6) is 1.71. The maximum absolute atomic E-state index is 4.27. The van der Waals surface area contributed by atoms with E-state index < -0.39 is 0 Å². The van der Waals surface area contributed by atoms with E-state index in [0.717, 1.165) is 18.9 Å². The van der Waals surface area contributed by atoms with Crippen molar-refractivity contribution in [1.82, 2.24) is 20.1 Å². The predicted molar refractivity (Wildman–Crippen MR) is 46.0 cm³/mol. The number of aromatic nitrogens is 3. The van der Waals surface area contributed by atoms with E-state index in [2.05, 4.69) is 29.2 Å². The molecule has 1 N–H and O–H groups in total. The molecule has 0 radical (unpaired) electrons. The van der Waals surface area contributed by atoms with Gasteiger partial charge in [0.05, 0.1) is 0 Å². The molecule has 1 aromatic rings. The lowest BCUT2D eigenvalue weighted by Crippen LogP contribution is -2.41. The molecule has 1 saturated heterocycles. The lowest BCUT2D eigenvalue weighted by molar-refractivity contribution is 0.390. The first-order valence-electron chi connectivity index (χ1n) is 4.39. The smallest absolute Gasteiger partial charge is 0.138 e. The fourth-order valence-corrected chi connectivity index (χ4v) is 1.42. The zero-order chi connectivity index (χ0) is 8.55. The van der Waals surface area contributed by atoms with Gasteiger partial charge in [0, 0.05) is 25.0 Å². The number of nitrogens with one attached hydrogen (secondary N) is 1. The van der Waals surface area contributed by atoms with Gasteiger partial charge in [-0.15, -0.1) is 0 Å². The molecule has 0 aromatic carbocycles. The molecule has 66 valence electrons. The first-order valence-corrected chi connectivity index (χ1v) is 4.39. The van der Waals surface area contributed by atoms with Gasteiger partial charge in [-0.3, -0.25) is 0 Å². The highest BCUT2D eigenvalue weighted by Gasteiger charge is 2.24. The molecule has 4 heteroatoms. The largest absolute Gasteiger partial charge is 0.315 e. The van der Waals surface area contributed by atoms with Gasteiger partial charge in [0.1, 0.15) is 12.2 Å². The van der Waals surface area contributed by atoms with Crippen molar-refractivity contribution in [1.29, 1.82) is 0 Å². The van der Waals surface area contributed by atoms with Crippen LogP contribution in [0.25, 0.3) is 0 Å². The van der Waals surface area contributed by atoms with Crippen molar-refractivity contribution < 1.29 is 0 Å². The van der Waals surface area contributed by atoms with Crippen molar-refractivity contribution in [3.8, 4) is 0 Å². The zero-order valence-electron chi connectivity index (χ0n) is 7.49. The Kier molecular flexibility index (Phi) is 1.84. The minimum atomic E-state index is 0.420. The van der Waals surface area contributed by atoms with Crippen molar-refractivity contribution in [2.75, 3.05) is 13.1 Å². The van der Waals surface area contributed by atoms with Crippen LogP contribution in [0.3, 0.4) is 0 Å². The van der Waals surface area contributed by atoms with E-state index in [4.69, 9.17) is 0 Å². The van der Waals surface area contributed by atoms with Gasteiger partial charge in [0.2, 0.25) is 0 Å². The first kappa shape index (κ1) is 7.73. The molecule has 12 heavy (non-hydrogen) atoms. The quantitative estimate of drug-likeness (QED) is 0.697. The average Bonchev–Trinajstić information content (AvgIpc) is 2.31. The van der Waals surface area contributed by atoms with Gasteiger partial charge in [-0.25, -0.2) is 9.67 Å². The molecule has 2 rings (SSSR count). The molecule has 1 fully saturated rings. The fourth-order valence-electron chi connectivity index (χ4n) is 1.42. The number of hydrogen-bond donors (Lipinski definition) is 1. The van der Waals surface area contributed by atoms with Gasteiger partial charge in [-0.1, -0.05) is 0 Å². The summed E-state index contributed by atoms with van der Waals surface area (Å²) < 4.78 is 2.01. The second-order valence-corrected chi connectivity index (χ2v) is 3.51. The molecular formula is C8H14N4. The van der Waals surface area contributed by atoms with Gasteiger partial charge in [-0.2, -0.15) is 5.10 Å². The highest BCUT2D eigenvalue weighted by molar-refractivity contribution is 5.03. The summed E-state index contributed by atoms with van der Waals surface area (Å²) in [6.07, 6.45) is 1.65. The molecule has 0 atom stereocenters. The molecule has 0 saturated carbocycles. The van der Waals surface area contributed by atoms with E-state index in [1.54, 1.807) is 6.33 Å². The van der Waals surface area contributed by atoms with Crippen LogP contribution in [0.4, 0.5) is 0 Å². The van der Waals surface area contributed by atoms with Crippen LogP contribution in [0.15, 0.2) is 6.33 Å². The van der Waals surface area contributed by atoms with Crippen molar-refractivity contribution in [3.63, 3.8) is 0 Å². The van der Waals surface area contributed by atoms with E-state index in [9.17, 15) is 0 Å². The molecule has 4 nitrogen and oxygen atoms in total. The summed E-state index contributed by atoms with van der Waals surface area (Å²) in [5.41, 5.74) is 0. The summed E-state index contributed by atoms with van der Waals surface area (Å²) in [5, 5.41) is 7.43. The van der Waals surface area contributed by atoms with Crippen LogP contribution in [0.2, 0.25) is 0 Å². The molecule has 1 aliphatic heterocycles. The number of nitrogens with zero attached hydrogens (tertiary/aromatic N) is 3. The van der Waals surface area contributed by atoms with Crippen LogP contribution in [0.5, 0.6) is 0 Å². The number of rotatable bonds is 2.